The van der Waals surface area contributed by atoms with Crippen molar-refractivity contribution in [2.24, 2.45) is 5.41 Å². The van der Waals surface area contributed by atoms with E-state index in [-0.39, 0.29) is 11.3 Å². The monoisotopic (exact) mass is 248 g/mol. The average Bonchev–Trinajstić information content (AvgIpc) is 2.74. The van der Waals surface area contributed by atoms with Crippen LogP contribution >= 0.6 is 11.8 Å². The molecule has 0 aromatic heterocycles. The van der Waals surface area contributed by atoms with Crippen LogP contribution in [0, 0.1) is 5.41 Å². The van der Waals surface area contributed by atoms with Crippen LogP contribution in [0.1, 0.15) is 25.7 Å². The zero-order chi connectivity index (χ0) is 11.9. The minimum Gasteiger partial charge on any atom is -0.397 e. The third-order valence-corrected chi connectivity index (χ3v) is 5.19. The van der Waals surface area contributed by atoms with Crippen LogP contribution < -0.4 is 11.1 Å². The standard InChI is InChI=1S/C13H16N2OS/c14-9-4-3-5-10-11(9)15-12(16)13(8-17-10)6-1-2-7-13/h3-5H,1-2,6-8,14H2,(H,15,16). The first kappa shape index (κ1) is 11.0. The Morgan fingerprint density at radius 1 is 1.29 bits per heavy atom. The zero-order valence-electron chi connectivity index (χ0n) is 9.66. The number of carbonyl (C=O) groups is 1. The Bertz CT molecular complexity index is 466. The highest BCUT2D eigenvalue weighted by molar-refractivity contribution is 7.99. The minimum atomic E-state index is -0.157. The van der Waals surface area contributed by atoms with Crippen molar-refractivity contribution in [1.29, 1.82) is 0 Å². The molecule has 1 amide bonds. The highest BCUT2D eigenvalue weighted by atomic mass is 32.2. The Morgan fingerprint density at radius 3 is 2.82 bits per heavy atom. The van der Waals surface area contributed by atoms with Gasteiger partial charge in [-0.1, -0.05) is 18.9 Å². The third-order valence-electron chi connectivity index (χ3n) is 3.84. The van der Waals surface area contributed by atoms with E-state index in [1.165, 1.54) is 12.8 Å². The molecule has 1 heterocycles. The highest BCUT2D eigenvalue weighted by Crippen LogP contribution is 2.47. The number of anilines is 2. The molecule has 0 unspecified atom stereocenters. The van der Waals surface area contributed by atoms with Crippen molar-refractivity contribution in [1.82, 2.24) is 0 Å². The summed E-state index contributed by atoms with van der Waals surface area (Å²) >= 11 is 1.76. The predicted octanol–water partition coefficient (Wildman–Crippen LogP) is 2.87. The fourth-order valence-corrected chi connectivity index (χ4v) is 4.09. The van der Waals surface area contributed by atoms with Crippen molar-refractivity contribution in [3.8, 4) is 0 Å². The zero-order valence-corrected chi connectivity index (χ0v) is 10.5. The number of nitrogen functional groups attached to an aromatic ring is 1. The number of para-hydroxylation sites is 1. The van der Waals surface area contributed by atoms with E-state index in [2.05, 4.69) is 5.32 Å². The lowest BCUT2D eigenvalue weighted by Crippen LogP contribution is -2.34. The number of carbonyl (C=O) groups excluding carboxylic acids is 1. The number of nitrogens with two attached hydrogens (primary N) is 1. The lowest BCUT2D eigenvalue weighted by molar-refractivity contribution is -0.124. The maximum Gasteiger partial charge on any atom is 0.231 e. The van der Waals surface area contributed by atoms with Crippen LogP contribution in [0.2, 0.25) is 0 Å². The van der Waals surface area contributed by atoms with Crippen LogP contribution in [0.4, 0.5) is 11.4 Å². The van der Waals surface area contributed by atoms with Gasteiger partial charge >= 0.3 is 0 Å². The first-order chi connectivity index (χ1) is 8.21. The van der Waals surface area contributed by atoms with E-state index in [1.54, 1.807) is 11.8 Å². The summed E-state index contributed by atoms with van der Waals surface area (Å²) in [4.78, 5) is 13.5. The number of benzene rings is 1. The van der Waals surface area contributed by atoms with Crippen molar-refractivity contribution in [3.05, 3.63) is 18.2 Å². The predicted molar refractivity (Wildman–Crippen MR) is 71.1 cm³/mol. The van der Waals surface area contributed by atoms with Gasteiger partial charge in [0.15, 0.2) is 0 Å². The van der Waals surface area contributed by atoms with Crippen molar-refractivity contribution < 1.29 is 4.79 Å². The van der Waals surface area contributed by atoms with Gasteiger partial charge < -0.3 is 11.1 Å². The quantitative estimate of drug-likeness (QED) is 0.694. The molecule has 3 rings (SSSR count). The number of hydrogen-bond donors (Lipinski definition) is 2. The van der Waals surface area contributed by atoms with Crippen molar-refractivity contribution in [2.75, 3.05) is 16.8 Å². The van der Waals surface area contributed by atoms with E-state index in [4.69, 9.17) is 5.73 Å². The first-order valence-corrected chi connectivity index (χ1v) is 7.03. The molecule has 1 aliphatic carbocycles. The summed E-state index contributed by atoms with van der Waals surface area (Å²) in [5.41, 5.74) is 7.25. The first-order valence-electron chi connectivity index (χ1n) is 6.04. The molecule has 1 saturated carbocycles. The Balaban J connectivity index is 1.99. The third kappa shape index (κ3) is 1.71. The van der Waals surface area contributed by atoms with Crippen molar-refractivity contribution >= 4 is 29.0 Å². The van der Waals surface area contributed by atoms with Gasteiger partial charge in [-0.15, -0.1) is 11.8 Å². The summed E-state index contributed by atoms with van der Waals surface area (Å²) in [7, 11) is 0. The van der Waals surface area contributed by atoms with Crippen LogP contribution in [0.15, 0.2) is 23.1 Å². The molecular formula is C13H16N2OS. The molecule has 0 radical (unpaired) electrons. The molecule has 1 aromatic carbocycles. The van der Waals surface area contributed by atoms with Crippen LogP contribution in [0.25, 0.3) is 0 Å². The summed E-state index contributed by atoms with van der Waals surface area (Å²) in [5, 5.41) is 3.04. The number of fused-ring (bicyclic) bond motifs is 1. The number of nitrogens with one attached hydrogen (secondary N) is 1. The van der Waals surface area contributed by atoms with Gasteiger partial charge in [0.05, 0.1) is 16.8 Å². The molecule has 17 heavy (non-hydrogen) atoms. The lowest BCUT2D eigenvalue weighted by Gasteiger charge is -2.24. The minimum absolute atomic E-state index is 0.157. The molecular weight excluding hydrogens is 232 g/mol. The molecule has 3 nitrogen and oxygen atoms in total. The topological polar surface area (TPSA) is 55.1 Å². The fourth-order valence-electron chi connectivity index (χ4n) is 2.75. The van der Waals surface area contributed by atoms with Gasteiger partial charge in [-0.25, -0.2) is 0 Å². The molecule has 0 bridgehead atoms. The normalized spacial score (nSPS) is 22.0. The smallest absolute Gasteiger partial charge is 0.231 e. The molecule has 90 valence electrons. The van der Waals surface area contributed by atoms with Crippen LogP contribution in [-0.2, 0) is 4.79 Å². The highest BCUT2D eigenvalue weighted by Gasteiger charge is 2.43. The maximum atomic E-state index is 12.4. The Labute approximate surface area is 105 Å². The second-order valence-corrected chi connectivity index (χ2v) is 5.97. The summed E-state index contributed by atoms with van der Waals surface area (Å²) in [6, 6.07) is 5.82. The number of rotatable bonds is 0. The van der Waals surface area contributed by atoms with E-state index < -0.39 is 0 Å². The molecule has 1 spiro atoms. The lowest BCUT2D eigenvalue weighted by atomic mass is 9.87. The Hall–Kier alpha value is -1.16. The van der Waals surface area contributed by atoms with Gasteiger partial charge in [0.1, 0.15) is 0 Å². The second-order valence-electron chi connectivity index (χ2n) is 4.95. The molecule has 4 heteroatoms. The summed E-state index contributed by atoms with van der Waals surface area (Å²) < 4.78 is 0. The largest absolute Gasteiger partial charge is 0.397 e. The molecule has 1 aromatic rings. The van der Waals surface area contributed by atoms with Gasteiger partial charge in [-0.05, 0) is 25.0 Å². The van der Waals surface area contributed by atoms with Gasteiger partial charge in [0, 0.05) is 10.6 Å². The molecule has 1 fully saturated rings. The van der Waals surface area contributed by atoms with E-state index in [0.29, 0.717) is 5.69 Å². The van der Waals surface area contributed by atoms with E-state index in [0.717, 1.165) is 29.2 Å². The number of amides is 1. The van der Waals surface area contributed by atoms with Gasteiger partial charge in [0.25, 0.3) is 0 Å². The molecule has 0 saturated heterocycles. The van der Waals surface area contributed by atoms with E-state index in [1.807, 2.05) is 18.2 Å². The summed E-state index contributed by atoms with van der Waals surface area (Å²) in [6.07, 6.45) is 4.36. The molecule has 1 aliphatic heterocycles. The van der Waals surface area contributed by atoms with Crippen LogP contribution in [0.3, 0.4) is 0 Å². The van der Waals surface area contributed by atoms with Crippen molar-refractivity contribution in [2.45, 2.75) is 30.6 Å². The van der Waals surface area contributed by atoms with Gasteiger partial charge in [-0.3, -0.25) is 4.79 Å². The van der Waals surface area contributed by atoms with E-state index in [9.17, 15) is 4.79 Å². The second kappa shape index (κ2) is 3.95. The molecule has 3 N–H and O–H groups in total. The van der Waals surface area contributed by atoms with Crippen molar-refractivity contribution in [3.63, 3.8) is 0 Å². The number of thioether (sulfide) groups is 1. The van der Waals surface area contributed by atoms with Crippen LogP contribution in [-0.4, -0.2) is 11.7 Å². The maximum absolute atomic E-state index is 12.4. The summed E-state index contributed by atoms with van der Waals surface area (Å²) in [6.45, 7) is 0. The SMILES string of the molecule is Nc1cccc2c1NC(=O)C1(CCCC1)CS2. The summed E-state index contributed by atoms with van der Waals surface area (Å²) in [5.74, 6) is 1.05. The molecule has 2 aliphatic rings. The molecule has 0 atom stereocenters. The Morgan fingerprint density at radius 2 is 2.06 bits per heavy atom. The fraction of sp³-hybridized carbons (Fsp3) is 0.462. The Kier molecular flexibility index (Phi) is 2.54. The number of hydrogen-bond acceptors (Lipinski definition) is 3. The van der Waals surface area contributed by atoms with Crippen LogP contribution in [0.5, 0.6) is 0 Å². The van der Waals surface area contributed by atoms with Gasteiger partial charge in [0.2, 0.25) is 5.91 Å². The van der Waals surface area contributed by atoms with E-state index >= 15 is 0 Å². The van der Waals surface area contributed by atoms with Gasteiger partial charge in [-0.2, -0.15) is 0 Å². The average molecular weight is 248 g/mol.